The van der Waals surface area contributed by atoms with Crippen LogP contribution in [0.1, 0.15) is 30.9 Å². The summed E-state index contributed by atoms with van der Waals surface area (Å²) in [6.07, 6.45) is 4.10. The number of aliphatic hydroxyl groups excluding tert-OH is 1. The van der Waals surface area contributed by atoms with Gasteiger partial charge in [0.15, 0.2) is 0 Å². The summed E-state index contributed by atoms with van der Waals surface area (Å²) in [4.78, 5) is 0. The van der Waals surface area contributed by atoms with E-state index < -0.39 is 6.10 Å². The van der Waals surface area contributed by atoms with Crippen molar-refractivity contribution in [1.82, 2.24) is 0 Å². The lowest BCUT2D eigenvalue weighted by molar-refractivity contribution is 0.0612. The van der Waals surface area contributed by atoms with Gasteiger partial charge >= 0.3 is 0 Å². The molecule has 17 heavy (non-hydrogen) atoms. The third kappa shape index (κ3) is 3.13. The number of thioether (sulfide) groups is 1. The fraction of sp³-hybridized carbons (Fsp3) is 0.538. The van der Waals surface area contributed by atoms with E-state index in [1.165, 1.54) is 12.1 Å². The van der Waals surface area contributed by atoms with Crippen LogP contribution in [0, 0.1) is 5.82 Å². The summed E-state index contributed by atoms with van der Waals surface area (Å²) in [5.74, 6) is 1.40. The molecule has 0 aromatic heterocycles. The van der Waals surface area contributed by atoms with Crippen LogP contribution in [-0.2, 0) is 0 Å². The van der Waals surface area contributed by atoms with Gasteiger partial charge < -0.3 is 9.84 Å². The molecule has 1 aromatic rings. The molecule has 0 amide bonds. The van der Waals surface area contributed by atoms with Crippen molar-refractivity contribution in [2.24, 2.45) is 0 Å². The van der Waals surface area contributed by atoms with Crippen molar-refractivity contribution in [2.45, 2.75) is 31.5 Å². The van der Waals surface area contributed by atoms with Gasteiger partial charge in [-0.3, -0.25) is 0 Å². The molecule has 1 N–H and O–H groups in total. The zero-order valence-electron chi connectivity index (χ0n) is 9.86. The summed E-state index contributed by atoms with van der Waals surface area (Å²) in [5, 5.41) is 9.96. The summed E-state index contributed by atoms with van der Waals surface area (Å²) in [5.41, 5.74) is 0.575. The quantitative estimate of drug-likeness (QED) is 0.839. The molecule has 4 heteroatoms. The minimum atomic E-state index is -0.603. The number of hydrogen-bond acceptors (Lipinski definition) is 3. The van der Waals surface area contributed by atoms with Gasteiger partial charge in [-0.15, -0.1) is 0 Å². The molecule has 2 atom stereocenters. The average Bonchev–Trinajstić information content (AvgIpc) is 2.31. The maximum Gasteiger partial charge on any atom is 0.125 e. The van der Waals surface area contributed by atoms with Crippen molar-refractivity contribution >= 4 is 11.8 Å². The molecule has 2 rings (SSSR count). The monoisotopic (exact) mass is 256 g/mol. The van der Waals surface area contributed by atoms with Gasteiger partial charge in [0.2, 0.25) is 0 Å². The second kappa shape index (κ2) is 5.74. The number of halogens is 1. The molecule has 0 bridgehead atoms. The number of fused-ring (bicyclic) bond motifs is 1. The zero-order chi connectivity index (χ0) is 12.3. The Morgan fingerprint density at radius 1 is 1.53 bits per heavy atom. The van der Waals surface area contributed by atoms with Crippen LogP contribution in [-0.4, -0.2) is 23.2 Å². The zero-order valence-corrected chi connectivity index (χ0v) is 10.7. The Balaban J connectivity index is 2.03. The van der Waals surface area contributed by atoms with E-state index >= 15 is 0 Å². The van der Waals surface area contributed by atoms with Gasteiger partial charge in [0, 0.05) is 12.0 Å². The van der Waals surface area contributed by atoms with Crippen LogP contribution in [0.15, 0.2) is 18.2 Å². The molecule has 1 heterocycles. The van der Waals surface area contributed by atoms with E-state index in [1.54, 1.807) is 6.07 Å². The lowest BCUT2D eigenvalue weighted by atomic mass is 9.97. The number of aliphatic hydroxyl groups is 1. The normalized spacial score (nSPS) is 23.0. The van der Waals surface area contributed by atoms with Gasteiger partial charge in [-0.2, -0.15) is 11.8 Å². The molecule has 0 fully saturated rings. The summed E-state index contributed by atoms with van der Waals surface area (Å²) < 4.78 is 18.8. The lowest BCUT2D eigenvalue weighted by Crippen LogP contribution is -2.25. The number of hydrogen-bond donors (Lipinski definition) is 1. The number of rotatable bonds is 4. The first kappa shape index (κ1) is 12.7. The molecule has 1 aliphatic heterocycles. The first-order valence-corrected chi connectivity index (χ1v) is 7.23. The Morgan fingerprint density at radius 3 is 3.12 bits per heavy atom. The van der Waals surface area contributed by atoms with Crippen molar-refractivity contribution in [3.63, 3.8) is 0 Å². The number of benzene rings is 1. The van der Waals surface area contributed by atoms with Crippen molar-refractivity contribution in [2.75, 3.05) is 12.0 Å². The highest BCUT2D eigenvalue weighted by molar-refractivity contribution is 7.98. The molecule has 2 nitrogen and oxygen atoms in total. The van der Waals surface area contributed by atoms with Gasteiger partial charge in [-0.1, -0.05) is 0 Å². The van der Waals surface area contributed by atoms with Crippen LogP contribution in [0.25, 0.3) is 0 Å². The predicted octanol–water partition coefficient (Wildman–Crippen LogP) is 3.15. The molecular weight excluding hydrogens is 239 g/mol. The molecular formula is C13H17FO2S. The Hall–Kier alpha value is -0.740. The van der Waals surface area contributed by atoms with Crippen molar-refractivity contribution in [3.05, 3.63) is 29.6 Å². The second-order valence-electron chi connectivity index (χ2n) is 4.31. The maximum atomic E-state index is 13.0. The summed E-state index contributed by atoms with van der Waals surface area (Å²) >= 11 is 1.81. The van der Waals surface area contributed by atoms with Gasteiger partial charge in [0.05, 0.1) is 6.10 Å². The summed E-state index contributed by atoms with van der Waals surface area (Å²) in [7, 11) is 0. The van der Waals surface area contributed by atoms with Crippen LogP contribution in [0.3, 0.4) is 0 Å². The number of ether oxygens (including phenoxy) is 1. The standard InChI is InChI=1S/C13H17FO2S/c1-17-6-2-3-10-8-12(15)11-7-9(14)4-5-13(11)16-10/h4-5,7,10,12,15H,2-3,6,8H2,1H3. The molecule has 0 saturated carbocycles. The van der Waals surface area contributed by atoms with Crippen LogP contribution in [0.2, 0.25) is 0 Å². The third-order valence-corrected chi connectivity index (χ3v) is 3.68. The Kier molecular flexibility index (Phi) is 4.29. The first-order chi connectivity index (χ1) is 8.20. The van der Waals surface area contributed by atoms with Gasteiger partial charge in [-0.05, 0) is 43.0 Å². The van der Waals surface area contributed by atoms with E-state index in [0.29, 0.717) is 17.7 Å². The SMILES string of the molecule is CSCCCC1CC(O)c2cc(F)ccc2O1. The van der Waals surface area contributed by atoms with Gasteiger partial charge in [0.1, 0.15) is 17.7 Å². The van der Waals surface area contributed by atoms with Crippen LogP contribution in [0.5, 0.6) is 5.75 Å². The van der Waals surface area contributed by atoms with Crippen LogP contribution < -0.4 is 4.74 Å². The van der Waals surface area contributed by atoms with E-state index in [4.69, 9.17) is 4.74 Å². The third-order valence-electron chi connectivity index (χ3n) is 2.99. The molecule has 94 valence electrons. The molecule has 1 aromatic carbocycles. The molecule has 2 unspecified atom stereocenters. The topological polar surface area (TPSA) is 29.5 Å². The average molecular weight is 256 g/mol. The Bertz CT molecular complexity index is 384. The first-order valence-electron chi connectivity index (χ1n) is 5.84. The van der Waals surface area contributed by atoms with E-state index in [-0.39, 0.29) is 11.9 Å². The fourth-order valence-corrected chi connectivity index (χ4v) is 2.58. The Morgan fingerprint density at radius 2 is 2.35 bits per heavy atom. The molecule has 0 spiro atoms. The molecule has 0 saturated heterocycles. The predicted molar refractivity (Wildman–Crippen MR) is 68.0 cm³/mol. The smallest absolute Gasteiger partial charge is 0.125 e. The van der Waals surface area contributed by atoms with E-state index in [0.717, 1.165) is 18.6 Å². The fourth-order valence-electron chi connectivity index (χ4n) is 2.12. The minimum absolute atomic E-state index is 0.0510. The van der Waals surface area contributed by atoms with Crippen molar-refractivity contribution < 1.29 is 14.2 Å². The summed E-state index contributed by atoms with van der Waals surface area (Å²) in [6.45, 7) is 0. The minimum Gasteiger partial charge on any atom is -0.490 e. The van der Waals surface area contributed by atoms with Gasteiger partial charge in [0.25, 0.3) is 0 Å². The highest BCUT2D eigenvalue weighted by Gasteiger charge is 2.26. The van der Waals surface area contributed by atoms with E-state index in [2.05, 4.69) is 6.26 Å². The van der Waals surface area contributed by atoms with Crippen molar-refractivity contribution in [1.29, 1.82) is 0 Å². The highest BCUT2D eigenvalue weighted by atomic mass is 32.2. The van der Waals surface area contributed by atoms with Crippen molar-refractivity contribution in [3.8, 4) is 5.75 Å². The van der Waals surface area contributed by atoms with Gasteiger partial charge in [-0.25, -0.2) is 4.39 Å². The second-order valence-corrected chi connectivity index (χ2v) is 5.29. The van der Waals surface area contributed by atoms with Crippen LogP contribution in [0.4, 0.5) is 4.39 Å². The highest BCUT2D eigenvalue weighted by Crippen LogP contribution is 2.36. The largest absolute Gasteiger partial charge is 0.490 e. The van der Waals surface area contributed by atoms with E-state index in [1.807, 2.05) is 11.8 Å². The lowest BCUT2D eigenvalue weighted by Gasteiger charge is -2.29. The molecule has 1 aliphatic rings. The van der Waals surface area contributed by atoms with E-state index in [9.17, 15) is 9.50 Å². The maximum absolute atomic E-state index is 13.0. The molecule has 0 radical (unpaired) electrons. The summed E-state index contributed by atoms with van der Waals surface area (Å²) in [6, 6.07) is 4.34. The molecule has 0 aliphatic carbocycles. The Labute approximate surface area is 105 Å². The van der Waals surface area contributed by atoms with Crippen LogP contribution >= 0.6 is 11.8 Å².